The zero-order valence-electron chi connectivity index (χ0n) is 19.4. The highest BCUT2D eigenvalue weighted by molar-refractivity contribution is 9.10. The first-order valence-electron chi connectivity index (χ1n) is 12.0. The molecular weight excluding hydrogens is 490 g/mol. The number of urea groups is 1. The van der Waals surface area contributed by atoms with Crippen LogP contribution >= 0.6 is 15.9 Å². The van der Waals surface area contributed by atoms with Crippen molar-refractivity contribution in [2.45, 2.75) is 38.3 Å². The van der Waals surface area contributed by atoms with E-state index in [1.54, 1.807) is 0 Å². The maximum Gasteiger partial charge on any atom is 0.315 e. The normalized spacial score (nSPS) is 23.5. The number of rotatable bonds is 6. The van der Waals surface area contributed by atoms with Crippen molar-refractivity contribution in [2.75, 3.05) is 19.6 Å². The van der Waals surface area contributed by atoms with Crippen molar-refractivity contribution in [1.82, 2.24) is 25.5 Å². The second-order valence-corrected chi connectivity index (χ2v) is 10.1. The number of carbonyl (C=O) groups is 1. The van der Waals surface area contributed by atoms with E-state index in [0.29, 0.717) is 31.0 Å². The molecule has 6 rings (SSSR count). The molecule has 2 N–H and O–H groups in total. The van der Waals surface area contributed by atoms with Crippen LogP contribution in [0.15, 0.2) is 65.1 Å². The van der Waals surface area contributed by atoms with Gasteiger partial charge in [-0.3, -0.25) is 4.90 Å². The van der Waals surface area contributed by atoms with E-state index in [1.807, 2.05) is 55.5 Å². The van der Waals surface area contributed by atoms with Gasteiger partial charge in [0.1, 0.15) is 5.82 Å². The highest BCUT2D eigenvalue weighted by atomic mass is 79.9. The van der Waals surface area contributed by atoms with Crippen LogP contribution in [-0.4, -0.2) is 46.6 Å². The molecule has 0 saturated carbocycles. The number of amides is 2. The molecule has 0 spiro atoms. The average Bonchev–Trinajstić information content (AvgIpc) is 2.87. The third-order valence-corrected chi connectivity index (χ3v) is 7.75. The van der Waals surface area contributed by atoms with Crippen LogP contribution in [0.4, 0.5) is 4.79 Å². The summed E-state index contributed by atoms with van der Waals surface area (Å²) in [6, 6.07) is 20.6. The molecule has 3 saturated heterocycles. The number of nitrogens with one attached hydrogen (secondary N) is 2. The molecule has 4 atom stereocenters. The molecule has 0 aliphatic carbocycles. The van der Waals surface area contributed by atoms with Gasteiger partial charge in [0.15, 0.2) is 0 Å². The van der Waals surface area contributed by atoms with Crippen molar-refractivity contribution in [3.05, 3.63) is 82.2 Å². The van der Waals surface area contributed by atoms with Gasteiger partial charge in [-0.2, -0.15) is 0 Å². The summed E-state index contributed by atoms with van der Waals surface area (Å²) in [7, 11) is 0. The Kier molecular flexibility index (Phi) is 6.92. The predicted octanol–water partition coefficient (Wildman–Crippen LogP) is 4.89. The fourth-order valence-corrected chi connectivity index (χ4v) is 5.81. The third-order valence-electron chi connectivity index (χ3n) is 7.06. The fourth-order valence-electron chi connectivity index (χ4n) is 5.32. The number of aromatic nitrogens is 2. The third kappa shape index (κ3) is 5.15. The lowest BCUT2D eigenvalue weighted by Crippen LogP contribution is -2.56. The highest BCUT2D eigenvalue weighted by Gasteiger charge is 2.41. The quantitative estimate of drug-likeness (QED) is 0.486. The summed E-state index contributed by atoms with van der Waals surface area (Å²) < 4.78 is 1.05. The molecule has 0 radical (unpaired) electrons. The Morgan fingerprint density at radius 1 is 1.09 bits per heavy atom. The first kappa shape index (κ1) is 23.0. The Morgan fingerprint density at radius 2 is 1.88 bits per heavy atom. The van der Waals surface area contributed by atoms with Crippen LogP contribution in [-0.2, 0) is 6.54 Å². The summed E-state index contributed by atoms with van der Waals surface area (Å²) in [6.45, 7) is 5.26. The van der Waals surface area contributed by atoms with E-state index < -0.39 is 0 Å². The van der Waals surface area contributed by atoms with E-state index in [4.69, 9.17) is 9.97 Å². The standard InChI is InChI=1S/C27H30BrN5O/c1-18-31-25(22-9-5-6-10-24(22)28)14-26(32-18)23-17-33-12-11-20(23)13-21(33)16-30-27(34)29-15-19-7-3-2-4-8-19/h2-10,14,20-21,23H,11-13,15-17H2,1H3,(H2,29,30,34)/t20-,21+,23-/m0/s1. The number of hydrogen-bond acceptors (Lipinski definition) is 4. The maximum atomic E-state index is 12.3. The summed E-state index contributed by atoms with van der Waals surface area (Å²) >= 11 is 3.66. The summed E-state index contributed by atoms with van der Waals surface area (Å²) in [6.07, 6.45) is 2.26. The Hall–Kier alpha value is -2.77. The maximum absolute atomic E-state index is 12.3. The SMILES string of the molecule is Cc1nc(-c2ccccc2Br)cc([C@H]2CN3CC[C@H]2C[C@@H]3CNC(=O)NCc2ccccc2)n1. The second-order valence-electron chi connectivity index (χ2n) is 9.29. The summed E-state index contributed by atoms with van der Waals surface area (Å²) in [5.74, 6) is 1.79. The van der Waals surface area contributed by atoms with Crippen molar-refractivity contribution >= 4 is 22.0 Å². The first-order chi connectivity index (χ1) is 16.6. The Bertz CT molecular complexity index is 1150. The van der Waals surface area contributed by atoms with Gasteiger partial charge >= 0.3 is 6.03 Å². The van der Waals surface area contributed by atoms with Crippen molar-refractivity contribution in [1.29, 1.82) is 0 Å². The minimum absolute atomic E-state index is 0.104. The van der Waals surface area contributed by atoms with Crippen molar-refractivity contribution in [3.63, 3.8) is 0 Å². The molecule has 6 nitrogen and oxygen atoms in total. The minimum atomic E-state index is -0.104. The van der Waals surface area contributed by atoms with Crippen LogP contribution in [0.3, 0.4) is 0 Å². The number of fused-ring (bicyclic) bond motifs is 3. The van der Waals surface area contributed by atoms with Crippen LogP contribution < -0.4 is 10.6 Å². The van der Waals surface area contributed by atoms with Gasteiger partial charge < -0.3 is 10.6 Å². The van der Waals surface area contributed by atoms with Gasteiger partial charge in [0, 0.05) is 47.3 Å². The van der Waals surface area contributed by atoms with Gasteiger partial charge in [0.05, 0.1) is 5.69 Å². The van der Waals surface area contributed by atoms with Crippen molar-refractivity contribution in [3.8, 4) is 11.3 Å². The summed E-state index contributed by atoms with van der Waals surface area (Å²) in [5.41, 5.74) is 4.31. The number of piperidine rings is 3. The molecule has 3 aliphatic rings. The Morgan fingerprint density at radius 3 is 2.65 bits per heavy atom. The molecule has 176 valence electrons. The van der Waals surface area contributed by atoms with Gasteiger partial charge in [0.2, 0.25) is 0 Å². The number of carbonyl (C=O) groups excluding carboxylic acids is 1. The monoisotopic (exact) mass is 519 g/mol. The zero-order chi connectivity index (χ0) is 23.5. The van der Waals surface area contributed by atoms with Gasteiger partial charge in [-0.05, 0) is 49.9 Å². The molecule has 2 amide bonds. The highest BCUT2D eigenvalue weighted by Crippen LogP contribution is 2.42. The first-order valence-corrected chi connectivity index (χ1v) is 12.8. The topological polar surface area (TPSA) is 70.2 Å². The van der Waals surface area contributed by atoms with Crippen LogP contribution in [0.25, 0.3) is 11.3 Å². The minimum Gasteiger partial charge on any atom is -0.337 e. The Balaban J connectivity index is 1.21. The van der Waals surface area contributed by atoms with E-state index in [0.717, 1.165) is 52.3 Å². The molecule has 7 heteroatoms. The largest absolute Gasteiger partial charge is 0.337 e. The van der Waals surface area contributed by atoms with E-state index in [9.17, 15) is 4.79 Å². The number of benzene rings is 2. The number of halogens is 1. The predicted molar refractivity (Wildman–Crippen MR) is 137 cm³/mol. The zero-order valence-corrected chi connectivity index (χ0v) is 21.0. The average molecular weight is 520 g/mol. The Labute approximate surface area is 209 Å². The van der Waals surface area contributed by atoms with Gasteiger partial charge in [-0.15, -0.1) is 0 Å². The number of hydrogen-bond donors (Lipinski definition) is 2. The van der Waals surface area contributed by atoms with E-state index in [1.165, 1.54) is 6.42 Å². The molecular formula is C27H30BrN5O. The summed E-state index contributed by atoms with van der Waals surface area (Å²) in [4.78, 5) is 24.4. The van der Waals surface area contributed by atoms with Crippen LogP contribution in [0.1, 0.15) is 35.8 Å². The molecule has 3 aliphatic heterocycles. The molecule has 34 heavy (non-hydrogen) atoms. The molecule has 1 aromatic heterocycles. The lowest BCUT2D eigenvalue weighted by atomic mass is 9.74. The number of nitrogens with zero attached hydrogens (tertiary/aromatic N) is 3. The smallest absolute Gasteiger partial charge is 0.315 e. The van der Waals surface area contributed by atoms with Gasteiger partial charge in [0.25, 0.3) is 0 Å². The van der Waals surface area contributed by atoms with Crippen molar-refractivity contribution in [2.24, 2.45) is 5.92 Å². The molecule has 4 heterocycles. The van der Waals surface area contributed by atoms with Gasteiger partial charge in [-0.25, -0.2) is 14.8 Å². The molecule has 1 unspecified atom stereocenters. The molecule has 2 aromatic carbocycles. The fraction of sp³-hybridized carbons (Fsp3) is 0.370. The van der Waals surface area contributed by atoms with E-state index in [-0.39, 0.29) is 6.03 Å². The van der Waals surface area contributed by atoms with Crippen LogP contribution in [0, 0.1) is 12.8 Å². The van der Waals surface area contributed by atoms with E-state index >= 15 is 0 Å². The number of aryl methyl sites for hydroxylation is 1. The molecule has 3 aromatic rings. The lowest BCUT2D eigenvalue weighted by Gasteiger charge is -2.49. The summed E-state index contributed by atoms with van der Waals surface area (Å²) in [5, 5.41) is 6.05. The molecule has 2 bridgehead atoms. The second kappa shape index (κ2) is 10.2. The van der Waals surface area contributed by atoms with Crippen LogP contribution in [0.5, 0.6) is 0 Å². The molecule has 3 fully saturated rings. The van der Waals surface area contributed by atoms with Gasteiger partial charge in [-0.1, -0.05) is 64.5 Å². The van der Waals surface area contributed by atoms with Crippen LogP contribution in [0.2, 0.25) is 0 Å². The van der Waals surface area contributed by atoms with Crippen molar-refractivity contribution < 1.29 is 4.79 Å². The lowest BCUT2D eigenvalue weighted by molar-refractivity contribution is 0.0305. The van der Waals surface area contributed by atoms with E-state index in [2.05, 4.69) is 43.6 Å².